The van der Waals surface area contributed by atoms with E-state index in [9.17, 15) is 9.50 Å². The lowest BCUT2D eigenvalue weighted by atomic mass is 10.3. The normalized spacial score (nSPS) is 26.4. The Bertz CT molecular complexity index is 314. The van der Waals surface area contributed by atoms with Gasteiger partial charge >= 0.3 is 0 Å². The molecule has 1 N–H and O–H groups in total. The fraction of sp³-hybridized carbons (Fsp3) is 0.455. The highest BCUT2D eigenvalue weighted by Gasteiger charge is 2.24. The lowest BCUT2D eigenvalue weighted by molar-refractivity contribution is 0.149. The largest absolute Gasteiger partial charge is 0.490 e. The number of halogens is 1. The van der Waals surface area contributed by atoms with Crippen LogP contribution in [-0.2, 0) is 0 Å². The number of hydrogen-bond acceptors (Lipinski definition) is 2. The molecular weight excluding hydrogens is 183 g/mol. The lowest BCUT2D eigenvalue weighted by Crippen LogP contribution is -2.13. The summed E-state index contributed by atoms with van der Waals surface area (Å²) in [5.74, 6) is 0.255. The molecule has 0 amide bonds. The zero-order valence-corrected chi connectivity index (χ0v) is 7.82. The van der Waals surface area contributed by atoms with Crippen molar-refractivity contribution < 1.29 is 14.2 Å². The smallest absolute Gasteiger partial charge is 0.126 e. The van der Waals surface area contributed by atoms with Crippen LogP contribution in [0.1, 0.15) is 19.3 Å². The molecule has 2 atom stereocenters. The molecule has 2 unspecified atom stereocenters. The maximum atomic E-state index is 12.8. The van der Waals surface area contributed by atoms with Gasteiger partial charge in [-0.05, 0) is 25.0 Å². The summed E-state index contributed by atoms with van der Waals surface area (Å²) in [5.41, 5.74) is 0. The van der Waals surface area contributed by atoms with E-state index in [1.54, 1.807) is 12.1 Å². The molecule has 1 aromatic rings. The van der Waals surface area contributed by atoms with Gasteiger partial charge in [-0.25, -0.2) is 4.39 Å². The summed E-state index contributed by atoms with van der Waals surface area (Å²) in [6, 6.07) is 6.10. The van der Waals surface area contributed by atoms with Crippen LogP contribution in [0.25, 0.3) is 0 Å². The summed E-state index contributed by atoms with van der Waals surface area (Å²) in [4.78, 5) is 0. The van der Waals surface area contributed by atoms with Crippen molar-refractivity contribution >= 4 is 0 Å². The van der Waals surface area contributed by atoms with Crippen molar-refractivity contribution in [3.05, 3.63) is 30.1 Å². The highest BCUT2D eigenvalue weighted by Crippen LogP contribution is 2.24. The molecular formula is C11H13FO2. The molecule has 1 fully saturated rings. The molecule has 1 aliphatic carbocycles. The van der Waals surface area contributed by atoms with Gasteiger partial charge in [0.15, 0.2) is 0 Å². The summed E-state index contributed by atoms with van der Waals surface area (Å²) >= 11 is 0. The van der Waals surface area contributed by atoms with Crippen LogP contribution >= 0.6 is 0 Å². The predicted molar refractivity (Wildman–Crippen MR) is 50.7 cm³/mol. The van der Waals surface area contributed by atoms with E-state index >= 15 is 0 Å². The highest BCUT2D eigenvalue weighted by atomic mass is 19.1. The van der Waals surface area contributed by atoms with Crippen LogP contribution in [0, 0.1) is 5.82 Å². The first-order valence-electron chi connectivity index (χ1n) is 4.84. The molecule has 14 heavy (non-hydrogen) atoms. The van der Waals surface area contributed by atoms with Crippen molar-refractivity contribution in [2.75, 3.05) is 0 Å². The van der Waals surface area contributed by atoms with Crippen LogP contribution in [0.4, 0.5) is 4.39 Å². The molecule has 3 heteroatoms. The van der Waals surface area contributed by atoms with Crippen LogP contribution in [0.3, 0.4) is 0 Å². The van der Waals surface area contributed by atoms with Crippen molar-refractivity contribution in [2.45, 2.75) is 31.5 Å². The van der Waals surface area contributed by atoms with E-state index in [-0.39, 0.29) is 18.0 Å². The molecule has 0 aromatic heterocycles. The third-order valence-electron chi connectivity index (χ3n) is 2.46. The standard InChI is InChI=1S/C11H13FO2/c12-8-2-1-3-10(6-8)14-11-5-4-9(13)7-11/h1-3,6,9,11,13H,4-5,7H2. The molecule has 1 aromatic carbocycles. The summed E-state index contributed by atoms with van der Waals surface area (Å²) in [6.45, 7) is 0. The van der Waals surface area contributed by atoms with Crippen LogP contribution < -0.4 is 4.74 Å². The second kappa shape index (κ2) is 3.96. The van der Waals surface area contributed by atoms with E-state index in [1.165, 1.54) is 12.1 Å². The topological polar surface area (TPSA) is 29.5 Å². The van der Waals surface area contributed by atoms with E-state index < -0.39 is 0 Å². The molecule has 0 radical (unpaired) electrons. The Morgan fingerprint density at radius 3 is 2.86 bits per heavy atom. The first-order chi connectivity index (χ1) is 6.74. The van der Waals surface area contributed by atoms with Gasteiger partial charge in [0.25, 0.3) is 0 Å². The number of benzene rings is 1. The van der Waals surface area contributed by atoms with Crippen LogP contribution in [0.5, 0.6) is 5.75 Å². The van der Waals surface area contributed by atoms with Crippen LogP contribution in [0.2, 0.25) is 0 Å². The molecule has 76 valence electrons. The van der Waals surface area contributed by atoms with Gasteiger partial charge in [0, 0.05) is 12.5 Å². The summed E-state index contributed by atoms with van der Waals surface area (Å²) in [6.07, 6.45) is 2.05. The molecule has 0 bridgehead atoms. The van der Waals surface area contributed by atoms with Crippen molar-refractivity contribution in [2.24, 2.45) is 0 Å². The Morgan fingerprint density at radius 1 is 1.36 bits per heavy atom. The van der Waals surface area contributed by atoms with Gasteiger partial charge in [-0.3, -0.25) is 0 Å². The Kier molecular flexibility index (Phi) is 2.68. The molecule has 0 saturated heterocycles. The van der Waals surface area contributed by atoms with Gasteiger partial charge in [-0.15, -0.1) is 0 Å². The fourth-order valence-electron chi connectivity index (χ4n) is 1.76. The summed E-state index contributed by atoms with van der Waals surface area (Å²) in [7, 11) is 0. The number of aliphatic hydroxyl groups is 1. The molecule has 0 heterocycles. The lowest BCUT2D eigenvalue weighted by Gasteiger charge is -2.12. The first-order valence-corrected chi connectivity index (χ1v) is 4.84. The SMILES string of the molecule is OC1CCC(Oc2cccc(F)c2)C1. The Hall–Kier alpha value is -1.09. The minimum absolute atomic E-state index is 0.0341. The zero-order chi connectivity index (χ0) is 9.97. The van der Waals surface area contributed by atoms with E-state index in [1.807, 2.05) is 0 Å². The quantitative estimate of drug-likeness (QED) is 0.785. The third kappa shape index (κ3) is 2.23. The van der Waals surface area contributed by atoms with E-state index in [2.05, 4.69) is 0 Å². The summed E-state index contributed by atoms with van der Waals surface area (Å²) < 4.78 is 18.3. The van der Waals surface area contributed by atoms with Crippen molar-refractivity contribution in [1.29, 1.82) is 0 Å². The van der Waals surface area contributed by atoms with Gasteiger partial charge in [-0.1, -0.05) is 6.07 Å². The fourth-order valence-corrected chi connectivity index (χ4v) is 1.76. The maximum Gasteiger partial charge on any atom is 0.126 e. The Balaban J connectivity index is 1.97. The summed E-state index contributed by atoms with van der Waals surface area (Å²) in [5, 5.41) is 9.28. The minimum atomic E-state index is -0.291. The zero-order valence-electron chi connectivity index (χ0n) is 7.82. The van der Waals surface area contributed by atoms with Crippen molar-refractivity contribution in [3.63, 3.8) is 0 Å². The molecule has 2 nitrogen and oxygen atoms in total. The Morgan fingerprint density at radius 2 is 2.21 bits per heavy atom. The Labute approximate surface area is 82.3 Å². The van der Waals surface area contributed by atoms with E-state index in [0.29, 0.717) is 12.2 Å². The van der Waals surface area contributed by atoms with Gasteiger partial charge in [0.1, 0.15) is 17.7 Å². The first kappa shape index (κ1) is 9.46. The van der Waals surface area contributed by atoms with E-state index in [4.69, 9.17) is 4.74 Å². The average molecular weight is 196 g/mol. The van der Waals surface area contributed by atoms with Gasteiger partial charge in [0.2, 0.25) is 0 Å². The van der Waals surface area contributed by atoms with E-state index in [0.717, 1.165) is 12.8 Å². The van der Waals surface area contributed by atoms with Gasteiger partial charge < -0.3 is 9.84 Å². The third-order valence-corrected chi connectivity index (χ3v) is 2.46. The van der Waals surface area contributed by atoms with Crippen molar-refractivity contribution in [3.8, 4) is 5.75 Å². The van der Waals surface area contributed by atoms with Crippen LogP contribution in [-0.4, -0.2) is 17.3 Å². The van der Waals surface area contributed by atoms with Gasteiger partial charge in [0.05, 0.1) is 6.10 Å². The molecule has 1 aliphatic rings. The molecule has 0 spiro atoms. The second-order valence-corrected chi connectivity index (χ2v) is 3.66. The molecule has 0 aliphatic heterocycles. The minimum Gasteiger partial charge on any atom is -0.490 e. The van der Waals surface area contributed by atoms with Crippen molar-refractivity contribution in [1.82, 2.24) is 0 Å². The number of ether oxygens (including phenoxy) is 1. The predicted octanol–water partition coefficient (Wildman–Crippen LogP) is 2.12. The number of hydrogen-bond donors (Lipinski definition) is 1. The highest BCUT2D eigenvalue weighted by molar-refractivity contribution is 5.22. The maximum absolute atomic E-state index is 12.8. The number of aliphatic hydroxyl groups excluding tert-OH is 1. The van der Waals surface area contributed by atoms with Crippen LogP contribution in [0.15, 0.2) is 24.3 Å². The monoisotopic (exact) mass is 196 g/mol. The second-order valence-electron chi connectivity index (χ2n) is 3.66. The average Bonchev–Trinajstić information content (AvgIpc) is 2.51. The molecule has 1 saturated carbocycles. The van der Waals surface area contributed by atoms with Gasteiger partial charge in [-0.2, -0.15) is 0 Å². The number of rotatable bonds is 2. The molecule has 2 rings (SSSR count).